The minimum atomic E-state index is 0.117. The highest BCUT2D eigenvalue weighted by molar-refractivity contribution is 4.81. The monoisotopic (exact) mass is 216 g/mol. The van der Waals surface area contributed by atoms with Crippen LogP contribution in [0.4, 0.5) is 0 Å². The molecule has 3 nitrogen and oxygen atoms in total. The second kappa shape index (κ2) is 8.08. The maximum absolute atomic E-state index is 8.66. The van der Waals surface area contributed by atoms with E-state index in [1.807, 2.05) is 0 Å². The zero-order valence-electron chi connectivity index (χ0n) is 10.6. The van der Waals surface area contributed by atoms with Crippen molar-refractivity contribution in [3.05, 3.63) is 0 Å². The van der Waals surface area contributed by atoms with Gasteiger partial charge in [0.25, 0.3) is 0 Å². The average molecular weight is 216 g/mol. The molecule has 0 aliphatic heterocycles. The van der Waals surface area contributed by atoms with Crippen molar-refractivity contribution < 1.29 is 5.11 Å². The smallest absolute Gasteiger partial charge is 0.0431 e. The van der Waals surface area contributed by atoms with Crippen LogP contribution in [0, 0.1) is 0 Å². The number of likely N-dealkylation sites (N-methyl/N-ethyl adjacent to an activating group) is 1. The molecule has 0 atom stereocenters. The highest BCUT2D eigenvalue weighted by Crippen LogP contribution is 2.13. The molecule has 0 unspecified atom stereocenters. The number of hydrogen-bond acceptors (Lipinski definition) is 3. The molecule has 0 aromatic rings. The first kappa shape index (κ1) is 14.9. The lowest BCUT2D eigenvalue weighted by Gasteiger charge is -2.37. The third-order valence-corrected chi connectivity index (χ3v) is 3.07. The summed E-state index contributed by atoms with van der Waals surface area (Å²) >= 11 is 0. The van der Waals surface area contributed by atoms with E-state index in [1.165, 1.54) is 12.8 Å². The van der Waals surface area contributed by atoms with Crippen LogP contribution in [0.25, 0.3) is 0 Å². The van der Waals surface area contributed by atoms with Crippen molar-refractivity contribution in [2.75, 3.05) is 26.2 Å². The molecule has 0 saturated heterocycles. The second-order valence-electron chi connectivity index (χ2n) is 4.73. The molecule has 0 amide bonds. The molecule has 0 aromatic heterocycles. The lowest BCUT2D eigenvalue weighted by molar-refractivity contribution is 0.131. The molecule has 3 N–H and O–H groups in total. The van der Waals surface area contributed by atoms with Crippen molar-refractivity contribution in [1.82, 2.24) is 4.90 Å². The number of nitrogens with zero attached hydrogens (tertiary/aromatic N) is 1. The fourth-order valence-electron chi connectivity index (χ4n) is 1.79. The number of aliphatic hydroxyl groups excluding tert-OH is 1. The maximum atomic E-state index is 8.66. The van der Waals surface area contributed by atoms with Gasteiger partial charge in [-0.1, -0.05) is 19.8 Å². The standard InChI is InChI=1S/C12H28N2O/c1-4-14(12(2,3)11-13)9-7-5-6-8-10-15/h15H,4-11,13H2,1-3H3. The Morgan fingerprint density at radius 1 is 1.13 bits per heavy atom. The van der Waals surface area contributed by atoms with Crippen LogP contribution in [0.2, 0.25) is 0 Å². The number of hydrogen-bond donors (Lipinski definition) is 2. The van der Waals surface area contributed by atoms with E-state index in [4.69, 9.17) is 10.8 Å². The zero-order valence-corrected chi connectivity index (χ0v) is 10.6. The Morgan fingerprint density at radius 2 is 1.73 bits per heavy atom. The molecule has 0 rings (SSSR count). The number of nitrogens with two attached hydrogens (primary N) is 1. The molecule has 0 aliphatic carbocycles. The van der Waals surface area contributed by atoms with Crippen LogP contribution in [-0.4, -0.2) is 41.8 Å². The van der Waals surface area contributed by atoms with Gasteiger partial charge in [-0.3, -0.25) is 4.90 Å². The molecule has 0 spiro atoms. The van der Waals surface area contributed by atoms with Crippen molar-refractivity contribution in [1.29, 1.82) is 0 Å². The number of rotatable bonds is 9. The fourth-order valence-corrected chi connectivity index (χ4v) is 1.79. The van der Waals surface area contributed by atoms with Gasteiger partial charge < -0.3 is 10.8 Å². The highest BCUT2D eigenvalue weighted by atomic mass is 16.2. The molecular weight excluding hydrogens is 188 g/mol. The topological polar surface area (TPSA) is 49.5 Å². The second-order valence-corrected chi connectivity index (χ2v) is 4.73. The Labute approximate surface area is 94.6 Å². The third-order valence-electron chi connectivity index (χ3n) is 3.07. The Balaban J connectivity index is 3.71. The molecule has 0 aromatic carbocycles. The van der Waals surface area contributed by atoms with E-state index < -0.39 is 0 Å². The molecule has 92 valence electrons. The number of aliphatic hydroxyl groups is 1. The van der Waals surface area contributed by atoms with Gasteiger partial charge in [0.2, 0.25) is 0 Å². The lowest BCUT2D eigenvalue weighted by Crippen LogP contribution is -2.49. The average Bonchev–Trinajstić information content (AvgIpc) is 2.23. The molecule has 0 fully saturated rings. The molecular formula is C12H28N2O. The fraction of sp³-hybridized carbons (Fsp3) is 1.00. The van der Waals surface area contributed by atoms with Gasteiger partial charge in [-0.05, 0) is 39.8 Å². The summed E-state index contributed by atoms with van der Waals surface area (Å²) in [6, 6.07) is 0. The van der Waals surface area contributed by atoms with Crippen LogP contribution in [0.15, 0.2) is 0 Å². The van der Waals surface area contributed by atoms with Crippen LogP contribution in [0.5, 0.6) is 0 Å². The summed E-state index contributed by atoms with van der Waals surface area (Å²) in [7, 11) is 0. The van der Waals surface area contributed by atoms with Crippen LogP contribution >= 0.6 is 0 Å². The third kappa shape index (κ3) is 6.13. The summed E-state index contributed by atoms with van der Waals surface area (Å²) in [6.45, 7) is 9.79. The van der Waals surface area contributed by atoms with Crippen molar-refractivity contribution in [2.45, 2.75) is 52.0 Å². The van der Waals surface area contributed by atoms with E-state index in [0.29, 0.717) is 13.2 Å². The zero-order chi connectivity index (χ0) is 11.7. The van der Waals surface area contributed by atoms with E-state index in [9.17, 15) is 0 Å². The van der Waals surface area contributed by atoms with Gasteiger partial charge in [-0.2, -0.15) is 0 Å². The molecule has 0 heterocycles. The van der Waals surface area contributed by atoms with Gasteiger partial charge in [0, 0.05) is 18.7 Å². The molecule has 15 heavy (non-hydrogen) atoms. The lowest BCUT2D eigenvalue weighted by atomic mass is 10.0. The van der Waals surface area contributed by atoms with Gasteiger partial charge in [-0.25, -0.2) is 0 Å². The van der Waals surface area contributed by atoms with Gasteiger partial charge in [0.15, 0.2) is 0 Å². The quantitative estimate of drug-likeness (QED) is 0.576. The summed E-state index contributed by atoms with van der Waals surface area (Å²) in [6.07, 6.45) is 4.48. The van der Waals surface area contributed by atoms with E-state index in [-0.39, 0.29) is 5.54 Å². The molecule has 3 heteroatoms. The Kier molecular flexibility index (Phi) is 8.02. The van der Waals surface area contributed by atoms with E-state index in [2.05, 4.69) is 25.7 Å². The Bertz CT molecular complexity index is 149. The normalized spacial score (nSPS) is 12.4. The summed E-state index contributed by atoms with van der Waals surface area (Å²) in [5, 5.41) is 8.66. The molecule has 0 bridgehead atoms. The van der Waals surface area contributed by atoms with Crippen molar-refractivity contribution in [3.8, 4) is 0 Å². The van der Waals surface area contributed by atoms with E-state index in [1.54, 1.807) is 0 Å². The first-order valence-electron chi connectivity index (χ1n) is 6.14. The highest BCUT2D eigenvalue weighted by Gasteiger charge is 2.22. The van der Waals surface area contributed by atoms with Gasteiger partial charge in [-0.15, -0.1) is 0 Å². The first-order chi connectivity index (χ1) is 7.08. The number of unbranched alkanes of at least 4 members (excludes halogenated alkanes) is 3. The molecule has 0 radical (unpaired) electrons. The maximum Gasteiger partial charge on any atom is 0.0431 e. The summed E-state index contributed by atoms with van der Waals surface area (Å²) < 4.78 is 0. The van der Waals surface area contributed by atoms with Crippen LogP contribution < -0.4 is 5.73 Å². The molecule has 0 aliphatic rings. The van der Waals surface area contributed by atoms with Crippen LogP contribution in [0.1, 0.15) is 46.5 Å². The van der Waals surface area contributed by atoms with E-state index >= 15 is 0 Å². The van der Waals surface area contributed by atoms with Crippen LogP contribution in [-0.2, 0) is 0 Å². The van der Waals surface area contributed by atoms with Crippen molar-refractivity contribution in [2.24, 2.45) is 5.73 Å². The predicted octanol–water partition coefficient (Wildman–Crippen LogP) is 1.60. The van der Waals surface area contributed by atoms with Crippen LogP contribution in [0.3, 0.4) is 0 Å². The SMILES string of the molecule is CCN(CCCCCCO)C(C)(C)CN. The van der Waals surface area contributed by atoms with Crippen molar-refractivity contribution >= 4 is 0 Å². The molecule has 0 saturated carbocycles. The summed E-state index contributed by atoms with van der Waals surface area (Å²) in [5.41, 5.74) is 5.88. The van der Waals surface area contributed by atoms with Crippen molar-refractivity contribution in [3.63, 3.8) is 0 Å². The Morgan fingerprint density at radius 3 is 2.20 bits per heavy atom. The minimum Gasteiger partial charge on any atom is -0.396 e. The summed E-state index contributed by atoms with van der Waals surface area (Å²) in [5.74, 6) is 0. The van der Waals surface area contributed by atoms with Gasteiger partial charge >= 0.3 is 0 Å². The minimum absolute atomic E-state index is 0.117. The summed E-state index contributed by atoms with van der Waals surface area (Å²) in [4.78, 5) is 2.44. The predicted molar refractivity (Wildman–Crippen MR) is 65.9 cm³/mol. The van der Waals surface area contributed by atoms with E-state index in [0.717, 1.165) is 25.9 Å². The van der Waals surface area contributed by atoms with Gasteiger partial charge in [0.05, 0.1) is 0 Å². The largest absolute Gasteiger partial charge is 0.396 e. The van der Waals surface area contributed by atoms with Gasteiger partial charge in [0.1, 0.15) is 0 Å². The Hall–Kier alpha value is -0.120. The first-order valence-corrected chi connectivity index (χ1v) is 6.14.